The minimum absolute atomic E-state index is 0.732. The molecule has 0 bridgehead atoms. The van der Waals surface area contributed by atoms with Crippen molar-refractivity contribution in [1.29, 1.82) is 0 Å². The van der Waals surface area contributed by atoms with Gasteiger partial charge in [-0.05, 0) is 78.4 Å². The van der Waals surface area contributed by atoms with Crippen LogP contribution in [0.1, 0.15) is 22.3 Å². The highest BCUT2D eigenvalue weighted by Gasteiger charge is 2.18. The van der Waals surface area contributed by atoms with Crippen LogP contribution in [0, 0.1) is 0 Å². The molecule has 1 heterocycles. The molecule has 0 saturated heterocycles. The maximum atomic E-state index is 2.43. The Bertz CT molecular complexity index is 1730. The van der Waals surface area contributed by atoms with Gasteiger partial charge in [0.25, 0.3) is 0 Å². The standard InChI is InChI=1S/C34H25P/c1-2-9-27-20-24(12-13-25(27)7-1)18-23-6-5-10-28(19-23)29-15-16-33-30(21-29)22-32-31-11-4-3-8-26(31)14-17-34(32)35-33/h1-17,19-21,35H,18,22H2. The van der Waals surface area contributed by atoms with E-state index in [1.807, 2.05) is 0 Å². The molecular weight excluding hydrogens is 439 g/mol. The summed E-state index contributed by atoms with van der Waals surface area (Å²) < 4.78 is 0. The van der Waals surface area contributed by atoms with E-state index in [0.29, 0.717) is 0 Å². The zero-order valence-electron chi connectivity index (χ0n) is 19.5. The molecule has 1 unspecified atom stereocenters. The summed E-state index contributed by atoms with van der Waals surface area (Å²) in [5, 5.41) is 8.35. The van der Waals surface area contributed by atoms with E-state index in [0.717, 1.165) is 21.4 Å². The van der Waals surface area contributed by atoms with Gasteiger partial charge < -0.3 is 0 Å². The first-order chi connectivity index (χ1) is 17.3. The van der Waals surface area contributed by atoms with Crippen LogP contribution in [-0.4, -0.2) is 0 Å². The second-order valence-electron chi connectivity index (χ2n) is 9.55. The minimum Gasteiger partial charge on any atom is -0.0616 e. The Balaban J connectivity index is 1.21. The maximum absolute atomic E-state index is 2.43. The van der Waals surface area contributed by atoms with Crippen molar-refractivity contribution in [3.05, 3.63) is 144 Å². The molecule has 0 aliphatic carbocycles. The van der Waals surface area contributed by atoms with Crippen molar-refractivity contribution in [2.75, 3.05) is 0 Å². The van der Waals surface area contributed by atoms with Crippen LogP contribution in [0.2, 0.25) is 0 Å². The molecule has 35 heavy (non-hydrogen) atoms. The maximum Gasteiger partial charge on any atom is -0.000668 e. The molecule has 1 aliphatic rings. The summed E-state index contributed by atoms with van der Waals surface area (Å²) in [5.74, 6) is 0. The molecule has 0 radical (unpaired) electrons. The fourth-order valence-corrected chi connectivity index (χ4v) is 6.78. The van der Waals surface area contributed by atoms with Gasteiger partial charge in [0.15, 0.2) is 0 Å². The van der Waals surface area contributed by atoms with Crippen molar-refractivity contribution >= 4 is 40.7 Å². The lowest BCUT2D eigenvalue weighted by Gasteiger charge is -2.22. The first-order valence-corrected chi connectivity index (χ1v) is 13.3. The third-order valence-corrected chi connectivity index (χ3v) is 8.76. The van der Waals surface area contributed by atoms with Crippen molar-refractivity contribution < 1.29 is 0 Å². The van der Waals surface area contributed by atoms with Crippen LogP contribution in [-0.2, 0) is 12.8 Å². The van der Waals surface area contributed by atoms with E-state index in [9.17, 15) is 0 Å². The van der Waals surface area contributed by atoms with Crippen molar-refractivity contribution in [2.45, 2.75) is 12.8 Å². The normalized spacial score (nSPS) is 13.1. The van der Waals surface area contributed by atoms with Crippen molar-refractivity contribution in [3.8, 4) is 11.1 Å². The number of hydrogen-bond acceptors (Lipinski definition) is 0. The first kappa shape index (κ1) is 20.6. The number of hydrogen-bond donors (Lipinski definition) is 0. The van der Waals surface area contributed by atoms with Crippen molar-refractivity contribution in [2.24, 2.45) is 0 Å². The van der Waals surface area contributed by atoms with Crippen LogP contribution in [0.5, 0.6) is 0 Å². The van der Waals surface area contributed by atoms with Crippen LogP contribution in [0.15, 0.2) is 121 Å². The monoisotopic (exact) mass is 464 g/mol. The summed E-state index contributed by atoms with van der Waals surface area (Å²) in [6, 6.07) is 45.0. The molecule has 6 aromatic rings. The molecule has 166 valence electrons. The number of benzene rings is 6. The zero-order valence-corrected chi connectivity index (χ0v) is 20.5. The highest BCUT2D eigenvalue weighted by Crippen LogP contribution is 2.32. The Kier molecular flexibility index (Phi) is 5.00. The van der Waals surface area contributed by atoms with Gasteiger partial charge in [0.1, 0.15) is 0 Å². The molecular formula is C34H25P. The fraction of sp³-hybridized carbons (Fsp3) is 0.0588. The summed E-state index contributed by atoms with van der Waals surface area (Å²) in [6.07, 6.45) is 1.97. The smallest absolute Gasteiger partial charge is 0.000668 e. The van der Waals surface area contributed by atoms with Crippen LogP contribution in [0.4, 0.5) is 0 Å². The van der Waals surface area contributed by atoms with E-state index >= 15 is 0 Å². The molecule has 0 nitrogen and oxygen atoms in total. The molecule has 0 amide bonds. The second kappa shape index (κ2) is 8.49. The molecule has 1 atom stereocenters. The van der Waals surface area contributed by atoms with E-state index in [2.05, 4.69) is 121 Å². The van der Waals surface area contributed by atoms with E-state index in [4.69, 9.17) is 0 Å². The lowest BCUT2D eigenvalue weighted by molar-refractivity contribution is 1.20. The van der Waals surface area contributed by atoms with Gasteiger partial charge in [-0.15, -0.1) is 0 Å². The predicted molar refractivity (Wildman–Crippen MR) is 153 cm³/mol. The largest absolute Gasteiger partial charge is 0.0616 e. The van der Waals surface area contributed by atoms with Gasteiger partial charge in [-0.3, -0.25) is 0 Å². The first-order valence-electron chi connectivity index (χ1n) is 12.3. The highest BCUT2D eigenvalue weighted by atomic mass is 31.1. The van der Waals surface area contributed by atoms with E-state index in [1.165, 1.54) is 65.5 Å². The van der Waals surface area contributed by atoms with Crippen LogP contribution >= 0.6 is 8.58 Å². The molecule has 0 saturated carbocycles. The molecule has 0 spiro atoms. The van der Waals surface area contributed by atoms with Gasteiger partial charge in [-0.25, -0.2) is 0 Å². The van der Waals surface area contributed by atoms with Gasteiger partial charge in [0.05, 0.1) is 0 Å². The summed E-state index contributed by atoms with van der Waals surface area (Å²) in [4.78, 5) is 0. The third kappa shape index (κ3) is 3.85. The summed E-state index contributed by atoms with van der Waals surface area (Å²) in [7, 11) is 0.732. The zero-order chi connectivity index (χ0) is 23.2. The number of fused-ring (bicyclic) bond motifs is 5. The average Bonchev–Trinajstić information content (AvgIpc) is 2.92. The Morgan fingerprint density at radius 2 is 1.26 bits per heavy atom. The van der Waals surface area contributed by atoms with Crippen LogP contribution in [0.3, 0.4) is 0 Å². The Labute approximate surface area is 208 Å². The van der Waals surface area contributed by atoms with E-state index < -0.39 is 0 Å². The molecule has 6 aromatic carbocycles. The van der Waals surface area contributed by atoms with Crippen LogP contribution in [0.25, 0.3) is 32.7 Å². The quantitative estimate of drug-likeness (QED) is 0.234. The average molecular weight is 465 g/mol. The molecule has 0 fully saturated rings. The minimum atomic E-state index is 0.732. The molecule has 1 aliphatic heterocycles. The second-order valence-corrected chi connectivity index (χ2v) is 10.9. The van der Waals surface area contributed by atoms with Gasteiger partial charge in [0, 0.05) is 0 Å². The van der Waals surface area contributed by atoms with Gasteiger partial charge >= 0.3 is 0 Å². The van der Waals surface area contributed by atoms with Crippen molar-refractivity contribution in [1.82, 2.24) is 0 Å². The molecule has 7 rings (SSSR count). The fourth-order valence-electron chi connectivity index (χ4n) is 5.47. The van der Waals surface area contributed by atoms with E-state index in [-0.39, 0.29) is 0 Å². The summed E-state index contributed by atoms with van der Waals surface area (Å²) in [6.45, 7) is 0. The number of rotatable bonds is 3. The topological polar surface area (TPSA) is 0 Å². The van der Waals surface area contributed by atoms with Gasteiger partial charge in [0.2, 0.25) is 0 Å². The van der Waals surface area contributed by atoms with Crippen LogP contribution < -0.4 is 10.6 Å². The third-order valence-electron chi connectivity index (χ3n) is 7.26. The predicted octanol–water partition coefficient (Wildman–Crippen LogP) is 7.78. The lowest BCUT2D eigenvalue weighted by atomic mass is 9.94. The molecule has 0 aromatic heterocycles. The summed E-state index contributed by atoms with van der Waals surface area (Å²) in [5.41, 5.74) is 8.32. The SMILES string of the molecule is c1cc(Cc2ccc3ccccc3c2)cc(-c2ccc3c(c2)Cc2c(ccc4ccccc24)P3)c1. The lowest BCUT2D eigenvalue weighted by Crippen LogP contribution is -2.20. The van der Waals surface area contributed by atoms with Gasteiger partial charge in [-0.2, -0.15) is 0 Å². The highest BCUT2D eigenvalue weighted by molar-refractivity contribution is 7.56. The Morgan fingerprint density at radius 3 is 2.20 bits per heavy atom. The Hall–Kier alpha value is -3.73. The van der Waals surface area contributed by atoms with E-state index in [1.54, 1.807) is 0 Å². The summed E-state index contributed by atoms with van der Waals surface area (Å²) >= 11 is 0. The van der Waals surface area contributed by atoms with Crippen molar-refractivity contribution in [3.63, 3.8) is 0 Å². The van der Waals surface area contributed by atoms with Gasteiger partial charge in [-0.1, -0.05) is 130 Å². The molecule has 0 N–H and O–H groups in total. The molecule has 1 heteroatoms. The Morgan fingerprint density at radius 1 is 0.514 bits per heavy atom.